The molecule has 0 radical (unpaired) electrons. The molecule has 0 aromatic heterocycles. The van der Waals surface area contributed by atoms with Crippen LogP contribution in [0.4, 0.5) is 0 Å². The van der Waals surface area contributed by atoms with Crippen molar-refractivity contribution in [1.82, 2.24) is 9.80 Å². The molecule has 1 heterocycles. The van der Waals surface area contributed by atoms with Crippen molar-refractivity contribution in [2.45, 2.75) is 38.1 Å². The minimum atomic E-state index is -0.0376. The Morgan fingerprint density at radius 2 is 1.88 bits per heavy atom. The molecular weight excluding hydrogens is 210 g/mol. The van der Waals surface area contributed by atoms with Gasteiger partial charge in [-0.1, -0.05) is 6.42 Å². The lowest BCUT2D eigenvalue weighted by Gasteiger charge is -2.50. The maximum absolute atomic E-state index is 9.55. The highest BCUT2D eigenvalue weighted by molar-refractivity contribution is 5.13. The van der Waals surface area contributed by atoms with E-state index in [9.17, 15) is 5.26 Å². The Bertz CT molecular complexity index is 293. The van der Waals surface area contributed by atoms with Gasteiger partial charge in [-0.25, -0.2) is 0 Å². The first-order chi connectivity index (χ1) is 8.09. The number of hydrogen-bond acceptors (Lipinski definition) is 3. The maximum Gasteiger partial charge on any atom is 0.0731 e. The van der Waals surface area contributed by atoms with Crippen LogP contribution in [0.2, 0.25) is 0 Å². The molecule has 0 amide bonds. The molecule has 3 nitrogen and oxygen atoms in total. The van der Waals surface area contributed by atoms with Gasteiger partial charge in [0.2, 0.25) is 0 Å². The lowest BCUT2D eigenvalue weighted by atomic mass is 9.60. The van der Waals surface area contributed by atoms with Gasteiger partial charge in [0.25, 0.3) is 0 Å². The molecule has 1 atom stereocenters. The normalized spacial score (nSPS) is 27.5. The number of hydrogen-bond donors (Lipinski definition) is 0. The van der Waals surface area contributed by atoms with E-state index in [2.05, 4.69) is 37.0 Å². The number of likely N-dealkylation sites (tertiary alicyclic amines) is 1. The van der Waals surface area contributed by atoms with E-state index in [1.54, 1.807) is 0 Å². The van der Waals surface area contributed by atoms with Crippen molar-refractivity contribution in [1.29, 1.82) is 5.26 Å². The van der Waals surface area contributed by atoms with Crippen molar-refractivity contribution >= 4 is 0 Å². The predicted octanol–water partition coefficient (Wildman–Crippen LogP) is 1.95. The first kappa shape index (κ1) is 12.9. The lowest BCUT2D eigenvalue weighted by molar-refractivity contribution is 0.0123. The summed E-state index contributed by atoms with van der Waals surface area (Å²) in [6.45, 7) is 2.38. The van der Waals surface area contributed by atoms with E-state index in [0.29, 0.717) is 12.0 Å². The van der Waals surface area contributed by atoms with Gasteiger partial charge in [-0.2, -0.15) is 5.26 Å². The molecule has 0 aromatic carbocycles. The molecule has 1 saturated heterocycles. The second kappa shape index (κ2) is 4.96. The average molecular weight is 235 g/mol. The van der Waals surface area contributed by atoms with E-state index >= 15 is 0 Å². The highest BCUT2D eigenvalue weighted by Crippen LogP contribution is 2.48. The van der Waals surface area contributed by atoms with Crippen LogP contribution >= 0.6 is 0 Å². The SMILES string of the molecule is CN1CCC(C(N(C)C)C2(C#N)CCC2)CC1. The quantitative estimate of drug-likeness (QED) is 0.749. The Kier molecular flexibility index (Phi) is 3.75. The summed E-state index contributed by atoms with van der Waals surface area (Å²) in [6, 6.07) is 3.12. The molecule has 96 valence electrons. The van der Waals surface area contributed by atoms with Crippen molar-refractivity contribution < 1.29 is 0 Å². The van der Waals surface area contributed by atoms with Crippen LogP contribution in [-0.2, 0) is 0 Å². The van der Waals surface area contributed by atoms with E-state index < -0.39 is 0 Å². The number of piperidine rings is 1. The molecule has 0 bridgehead atoms. The van der Waals surface area contributed by atoms with Gasteiger partial charge < -0.3 is 9.80 Å². The molecule has 1 unspecified atom stereocenters. The topological polar surface area (TPSA) is 30.3 Å². The average Bonchev–Trinajstić information content (AvgIpc) is 2.24. The molecule has 17 heavy (non-hydrogen) atoms. The Morgan fingerprint density at radius 1 is 1.29 bits per heavy atom. The monoisotopic (exact) mass is 235 g/mol. The second-order valence-corrected chi connectivity index (χ2v) is 6.17. The van der Waals surface area contributed by atoms with Crippen LogP contribution in [-0.4, -0.2) is 50.1 Å². The molecule has 2 rings (SSSR count). The van der Waals surface area contributed by atoms with Gasteiger partial charge in [0.1, 0.15) is 0 Å². The summed E-state index contributed by atoms with van der Waals surface area (Å²) in [6.07, 6.45) is 5.97. The van der Waals surface area contributed by atoms with E-state index in [-0.39, 0.29) is 5.41 Å². The zero-order valence-electron chi connectivity index (χ0n) is 11.4. The van der Waals surface area contributed by atoms with Crippen molar-refractivity contribution in [2.24, 2.45) is 11.3 Å². The molecule has 3 heteroatoms. The van der Waals surface area contributed by atoms with Crippen molar-refractivity contribution in [3.63, 3.8) is 0 Å². The Balaban J connectivity index is 2.10. The van der Waals surface area contributed by atoms with Gasteiger partial charge in [-0.05, 0) is 65.8 Å². The van der Waals surface area contributed by atoms with Gasteiger partial charge in [0.15, 0.2) is 0 Å². The summed E-state index contributed by atoms with van der Waals surface area (Å²) in [4.78, 5) is 4.72. The Morgan fingerprint density at radius 3 is 2.24 bits per heavy atom. The third-order valence-electron chi connectivity index (χ3n) is 4.80. The third kappa shape index (κ3) is 2.34. The van der Waals surface area contributed by atoms with E-state index in [1.807, 2.05) is 0 Å². The first-order valence-corrected chi connectivity index (χ1v) is 6.85. The number of nitriles is 1. The summed E-state index contributed by atoms with van der Waals surface area (Å²) >= 11 is 0. The summed E-state index contributed by atoms with van der Waals surface area (Å²) in [5, 5.41) is 9.55. The highest BCUT2D eigenvalue weighted by Gasteiger charge is 2.48. The van der Waals surface area contributed by atoms with Crippen LogP contribution in [0.25, 0.3) is 0 Å². The van der Waals surface area contributed by atoms with E-state index in [4.69, 9.17) is 0 Å². The maximum atomic E-state index is 9.55. The van der Waals surface area contributed by atoms with Crippen LogP contribution < -0.4 is 0 Å². The second-order valence-electron chi connectivity index (χ2n) is 6.17. The molecule has 0 N–H and O–H groups in total. The summed E-state index contributed by atoms with van der Waals surface area (Å²) in [5.74, 6) is 0.709. The summed E-state index contributed by atoms with van der Waals surface area (Å²) in [7, 11) is 6.51. The predicted molar refractivity (Wildman–Crippen MR) is 69.6 cm³/mol. The van der Waals surface area contributed by atoms with Crippen LogP contribution in [0.15, 0.2) is 0 Å². The number of nitrogens with zero attached hydrogens (tertiary/aromatic N) is 3. The van der Waals surface area contributed by atoms with Crippen LogP contribution in [0.1, 0.15) is 32.1 Å². The molecule has 0 aromatic rings. The smallest absolute Gasteiger partial charge is 0.0731 e. The molecule has 1 saturated carbocycles. The van der Waals surface area contributed by atoms with Crippen LogP contribution in [0, 0.1) is 22.7 Å². The molecule has 2 aliphatic rings. The summed E-state index contributed by atoms with van der Waals surface area (Å²) < 4.78 is 0. The fraction of sp³-hybridized carbons (Fsp3) is 0.929. The largest absolute Gasteiger partial charge is 0.306 e. The molecule has 2 fully saturated rings. The third-order valence-corrected chi connectivity index (χ3v) is 4.80. The minimum Gasteiger partial charge on any atom is -0.306 e. The Hall–Kier alpha value is -0.590. The standard InChI is InChI=1S/C14H25N3/c1-16(2)13(14(11-15)7-4-8-14)12-5-9-17(3)10-6-12/h12-13H,4-10H2,1-3H3. The Labute approximate surface area is 105 Å². The minimum absolute atomic E-state index is 0.0376. The zero-order chi connectivity index (χ0) is 12.5. The van der Waals surface area contributed by atoms with Gasteiger partial charge >= 0.3 is 0 Å². The lowest BCUT2D eigenvalue weighted by Crippen LogP contribution is -2.54. The van der Waals surface area contributed by atoms with Crippen molar-refractivity contribution in [3.8, 4) is 6.07 Å². The van der Waals surface area contributed by atoms with E-state index in [0.717, 1.165) is 12.8 Å². The zero-order valence-corrected chi connectivity index (χ0v) is 11.4. The van der Waals surface area contributed by atoms with Crippen LogP contribution in [0.5, 0.6) is 0 Å². The van der Waals surface area contributed by atoms with Crippen molar-refractivity contribution in [2.75, 3.05) is 34.2 Å². The molecule has 0 spiro atoms. The van der Waals surface area contributed by atoms with Gasteiger partial charge in [-0.15, -0.1) is 0 Å². The first-order valence-electron chi connectivity index (χ1n) is 6.85. The van der Waals surface area contributed by atoms with Crippen molar-refractivity contribution in [3.05, 3.63) is 0 Å². The van der Waals surface area contributed by atoms with Gasteiger partial charge in [0, 0.05) is 6.04 Å². The molecular formula is C14H25N3. The fourth-order valence-electron chi connectivity index (χ4n) is 3.74. The molecule has 1 aliphatic carbocycles. The summed E-state index contributed by atoms with van der Waals surface area (Å²) in [5.41, 5.74) is -0.0376. The molecule has 1 aliphatic heterocycles. The van der Waals surface area contributed by atoms with Crippen LogP contribution in [0.3, 0.4) is 0 Å². The fourth-order valence-corrected chi connectivity index (χ4v) is 3.74. The number of rotatable bonds is 3. The van der Waals surface area contributed by atoms with Gasteiger partial charge in [-0.3, -0.25) is 0 Å². The van der Waals surface area contributed by atoms with E-state index in [1.165, 1.54) is 32.4 Å². The van der Waals surface area contributed by atoms with Gasteiger partial charge in [0.05, 0.1) is 11.5 Å². The highest BCUT2D eigenvalue weighted by atomic mass is 15.1.